The van der Waals surface area contributed by atoms with Gasteiger partial charge in [0.05, 0.1) is 35.7 Å². The summed E-state index contributed by atoms with van der Waals surface area (Å²) < 4.78 is 11.8. The molecule has 3 aromatic rings. The number of ether oxygens (including phenoxy) is 2. The van der Waals surface area contributed by atoms with Crippen molar-refractivity contribution in [2.24, 2.45) is 0 Å². The number of aromatic nitrogens is 2. The summed E-state index contributed by atoms with van der Waals surface area (Å²) in [7, 11) is 2.89. The molecule has 0 aliphatic rings. The second-order valence-corrected chi connectivity index (χ2v) is 7.14. The van der Waals surface area contributed by atoms with Gasteiger partial charge in [-0.2, -0.15) is 0 Å². The van der Waals surface area contributed by atoms with Gasteiger partial charge >= 0.3 is 5.97 Å². The third-order valence-corrected chi connectivity index (χ3v) is 5.52. The fourth-order valence-electron chi connectivity index (χ4n) is 2.47. The van der Waals surface area contributed by atoms with E-state index in [4.69, 9.17) is 38.0 Å². The number of carboxylic acids is 1. The van der Waals surface area contributed by atoms with Crippen molar-refractivity contribution in [1.82, 2.24) is 9.97 Å². The molecule has 0 spiro atoms. The minimum absolute atomic E-state index is 0.134. The Bertz CT molecular complexity index is 1090. The number of methoxy groups -OCH3 is 2. The number of carbonyl (C=O) groups is 2. The zero-order chi connectivity index (χ0) is 21.1. The van der Waals surface area contributed by atoms with Crippen LogP contribution in [0.1, 0.15) is 10.4 Å². The number of hydrogen-bond acceptors (Lipinski definition) is 8. The van der Waals surface area contributed by atoms with Crippen molar-refractivity contribution in [3.63, 3.8) is 0 Å². The largest absolute Gasteiger partial charge is 0.497 e. The Morgan fingerprint density at radius 3 is 2.69 bits per heavy atom. The monoisotopic (exact) mass is 456 g/mol. The number of fused-ring (bicyclic) bond motifs is 1. The summed E-state index contributed by atoms with van der Waals surface area (Å²) in [5, 5.41) is 13.2. The summed E-state index contributed by atoms with van der Waals surface area (Å²) in [5.74, 6) is -0.630. The lowest BCUT2D eigenvalue weighted by molar-refractivity contribution is -0.134. The van der Waals surface area contributed by atoms with Crippen LogP contribution in [0.4, 0.5) is 11.5 Å². The Hall–Kier alpha value is -2.82. The van der Waals surface area contributed by atoms with E-state index in [9.17, 15) is 9.59 Å². The molecule has 0 aliphatic heterocycles. The van der Waals surface area contributed by atoms with Gasteiger partial charge in [-0.15, -0.1) is 11.3 Å². The number of aliphatic carboxylic acids is 1. The van der Waals surface area contributed by atoms with Gasteiger partial charge in [0.25, 0.3) is 5.91 Å². The first-order valence-electron chi connectivity index (χ1n) is 7.97. The van der Waals surface area contributed by atoms with Gasteiger partial charge in [0.1, 0.15) is 35.2 Å². The Morgan fingerprint density at radius 1 is 1.28 bits per heavy atom. The number of anilines is 2. The van der Waals surface area contributed by atoms with E-state index in [-0.39, 0.29) is 28.6 Å². The van der Waals surface area contributed by atoms with Gasteiger partial charge < -0.3 is 19.9 Å². The lowest BCUT2D eigenvalue weighted by Crippen LogP contribution is -2.21. The molecule has 2 N–H and O–H groups in total. The molecular formula is C17H14Cl2N4O5S. The zero-order valence-electron chi connectivity index (χ0n) is 15.1. The molecule has 0 aliphatic carbocycles. The van der Waals surface area contributed by atoms with Crippen LogP contribution < -0.4 is 19.2 Å². The number of thiophene rings is 1. The van der Waals surface area contributed by atoms with Crippen LogP contribution in [0.25, 0.3) is 10.2 Å². The number of halogens is 2. The molecule has 0 saturated carbocycles. The van der Waals surface area contributed by atoms with Crippen molar-refractivity contribution in [2.45, 2.75) is 0 Å². The molecule has 0 atom stereocenters. The second kappa shape index (κ2) is 8.68. The van der Waals surface area contributed by atoms with Gasteiger partial charge in [0.2, 0.25) is 0 Å². The first kappa shape index (κ1) is 20.9. The third-order valence-electron chi connectivity index (χ3n) is 3.83. The predicted octanol–water partition coefficient (Wildman–Crippen LogP) is 3.66. The highest BCUT2D eigenvalue weighted by Gasteiger charge is 2.25. The van der Waals surface area contributed by atoms with Crippen LogP contribution in [0.2, 0.25) is 5.02 Å². The normalized spacial score (nSPS) is 10.6. The van der Waals surface area contributed by atoms with Gasteiger partial charge in [-0.25, -0.2) is 14.4 Å². The molecule has 0 saturated heterocycles. The molecule has 152 valence electrons. The van der Waals surface area contributed by atoms with E-state index in [2.05, 4.69) is 15.3 Å². The van der Waals surface area contributed by atoms with Gasteiger partial charge in [-0.3, -0.25) is 9.59 Å². The van der Waals surface area contributed by atoms with E-state index in [1.807, 2.05) is 0 Å². The van der Waals surface area contributed by atoms with Crippen LogP contribution in [-0.4, -0.2) is 47.7 Å². The first-order valence-corrected chi connectivity index (χ1v) is 9.56. The highest BCUT2D eigenvalue weighted by Crippen LogP contribution is 2.40. The van der Waals surface area contributed by atoms with Gasteiger partial charge in [-0.1, -0.05) is 11.6 Å². The smallest absolute Gasteiger partial charge is 0.322 e. The van der Waals surface area contributed by atoms with Crippen molar-refractivity contribution >= 4 is 68.3 Å². The standard InChI is InChI=1S/C17H14Cl2N4O5S/c1-27-8-3-10(13(18)11(4-8)28-2)23(19)17(26)9-6-29-15-14(9)21-7-22-16(15)20-5-12(24)25/h3-4,6-7H,5H2,1-2H3,(H,24,25)(H,20,21,22). The Balaban J connectivity index is 2.00. The molecular weight excluding hydrogens is 443 g/mol. The molecule has 29 heavy (non-hydrogen) atoms. The zero-order valence-corrected chi connectivity index (χ0v) is 17.4. The topological polar surface area (TPSA) is 114 Å². The molecule has 12 heteroatoms. The molecule has 0 bridgehead atoms. The summed E-state index contributed by atoms with van der Waals surface area (Å²) in [6.07, 6.45) is 1.23. The Morgan fingerprint density at radius 2 is 2.03 bits per heavy atom. The SMILES string of the molecule is COc1cc(OC)c(Cl)c(N(Cl)C(=O)c2csc3c(NCC(=O)O)ncnc23)c1. The van der Waals surface area contributed by atoms with Crippen molar-refractivity contribution < 1.29 is 24.2 Å². The summed E-state index contributed by atoms with van der Waals surface area (Å²) in [5.41, 5.74) is 0.713. The fourth-order valence-corrected chi connectivity index (χ4v) is 3.97. The summed E-state index contributed by atoms with van der Waals surface area (Å²) in [6.45, 7) is -0.325. The van der Waals surface area contributed by atoms with Crippen LogP contribution in [0.3, 0.4) is 0 Å². The van der Waals surface area contributed by atoms with E-state index >= 15 is 0 Å². The molecule has 9 nitrogen and oxygen atoms in total. The van der Waals surface area contributed by atoms with Crippen LogP contribution in [0.15, 0.2) is 23.8 Å². The molecule has 1 amide bonds. The number of carboxylic acid groups (broad SMARTS) is 1. The highest BCUT2D eigenvalue weighted by molar-refractivity contribution is 7.18. The minimum Gasteiger partial charge on any atom is -0.497 e. The van der Waals surface area contributed by atoms with Crippen LogP contribution in [0.5, 0.6) is 11.5 Å². The average molecular weight is 457 g/mol. The van der Waals surface area contributed by atoms with E-state index < -0.39 is 11.9 Å². The number of carbonyl (C=O) groups excluding carboxylic acids is 1. The Kier molecular flexibility index (Phi) is 6.26. The predicted molar refractivity (Wildman–Crippen MR) is 111 cm³/mol. The van der Waals surface area contributed by atoms with E-state index in [0.717, 1.165) is 4.42 Å². The molecule has 2 heterocycles. The molecule has 1 aromatic carbocycles. The Labute approximate surface area is 178 Å². The van der Waals surface area contributed by atoms with Crippen LogP contribution in [0, 0.1) is 0 Å². The number of benzene rings is 1. The van der Waals surface area contributed by atoms with E-state index in [0.29, 0.717) is 21.8 Å². The van der Waals surface area contributed by atoms with Crippen molar-refractivity contribution in [1.29, 1.82) is 0 Å². The van der Waals surface area contributed by atoms with Crippen LogP contribution in [-0.2, 0) is 4.79 Å². The maximum absolute atomic E-state index is 13.0. The maximum atomic E-state index is 13.0. The number of nitrogens with one attached hydrogen (secondary N) is 1. The summed E-state index contributed by atoms with van der Waals surface area (Å²) >= 11 is 13.8. The number of nitrogens with zero attached hydrogens (tertiary/aromatic N) is 3. The molecule has 0 fully saturated rings. The molecule has 3 rings (SSSR count). The first-order chi connectivity index (χ1) is 13.9. The third kappa shape index (κ3) is 4.14. The van der Waals surface area contributed by atoms with Crippen molar-refractivity contribution in [2.75, 3.05) is 30.5 Å². The molecule has 2 aromatic heterocycles. The van der Waals surface area contributed by atoms with Gasteiger partial charge in [0.15, 0.2) is 0 Å². The number of hydrogen-bond donors (Lipinski definition) is 2. The second-order valence-electron chi connectivity index (χ2n) is 5.55. The fraction of sp³-hybridized carbons (Fsp3) is 0.176. The minimum atomic E-state index is -1.04. The van der Waals surface area contributed by atoms with Crippen LogP contribution >= 0.6 is 34.7 Å². The number of rotatable bonds is 7. The lowest BCUT2D eigenvalue weighted by atomic mass is 10.2. The maximum Gasteiger partial charge on any atom is 0.322 e. The van der Waals surface area contributed by atoms with Crippen molar-refractivity contribution in [3.05, 3.63) is 34.4 Å². The summed E-state index contributed by atoms with van der Waals surface area (Å²) in [6, 6.07) is 3.06. The van der Waals surface area contributed by atoms with Gasteiger partial charge in [0, 0.05) is 29.3 Å². The molecule has 0 unspecified atom stereocenters. The summed E-state index contributed by atoms with van der Waals surface area (Å²) in [4.78, 5) is 32.0. The highest BCUT2D eigenvalue weighted by atomic mass is 35.5. The lowest BCUT2D eigenvalue weighted by Gasteiger charge is -2.18. The average Bonchev–Trinajstić information content (AvgIpc) is 3.16. The van der Waals surface area contributed by atoms with Gasteiger partial charge in [-0.05, 0) is 0 Å². The van der Waals surface area contributed by atoms with E-state index in [1.165, 1.54) is 38.0 Å². The quantitative estimate of drug-likeness (QED) is 0.517. The number of amides is 1. The van der Waals surface area contributed by atoms with Crippen molar-refractivity contribution in [3.8, 4) is 11.5 Å². The molecule has 0 radical (unpaired) electrons. The van der Waals surface area contributed by atoms with E-state index in [1.54, 1.807) is 11.4 Å².